The standard InChI is InChI=1S/C15H18N4O2/c1-10-18-13(19-21-10)7-9-17-15(20)14-12-5-3-2-4-11(12)6-8-16-14/h2-5,14,16H,6-9H2,1H3,(H,17,20). The Balaban J connectivity index is 1.59. The van der Waals surface area contributed by atoms with E-state index in [4.69, 9.17) is 4.52 Å². The Bertz CT molecular complexity index is 638. The van der Waals surface area contributed by atoms with Crippen LogP contribution in [0.4, 0.5) is 0 Å². The largest absolute Gasteiger partial charge is 0.354 e. The lowest BCUT2D eigenvalue weighted by atomic mass is 9.94. The highest BCUT2D eigenvalue weighted by molar-refractivity contribution is 5.83. The molecule has 0 aliphatic carbocycles. The Hall–Kier alpha value is -2.21. The molecule has 0 radical (unpaired) electrons. The van der Waals surface area contributed by atoms with Crippen LogP contribution in [0.3, 0.4) is 0 Å². The first kappa shape index (κ1) is 13.8. The molecule has 1 aliphatic heterocycles. The molecule has 1 aromatic heterocycles. The van der Waals surface area contributed by atoms with Gasteiger partial charge in [-0.1, -0.05) is 29.4 Å². The van der Waals surface area contributed by atoms with Crippen LogP contribution in [-0.2, 0) is 17.6 Å². The maximum atomic E-state index is 12.3. The maximum Gasteiger partial charge on any atom is 0.241 e. The van der Waals surface area contributed by atoms with Gasteiger partial charge in [-0.3, -0.25) is 4.79 Å². The van der Waals surface area contributed by atoms with Gasteiger partial charge in [-0.05, 0) is 17.5 Å². The molecule has 2 aromatic rings. The molecule has 1 atom stereocenters. The quantitative estimate of drug-likeness (QED) is 0.874. The third-order valence-electron chi connectivity index (χ3n) is 3.59. The minimum Gasteiger partial charge on any atom is -0.354 e. The van der Waals surface area contributed by atoms with Gasteiger partial charge in [0.2, 0.25) is 11.8 Å². The van der Waals surface area contributed by atoms with Crippen molar-refractivity contribution in [1.82, 2.24) is 20.8 Å². The summed E-state index contributed by atoms with van der Waals surface area (Å²) in [5.41, 5.74) is 2.31. The van der Waals surface area contributed by atoms with Crippen molar-refractivity contribution >= 4 is 5.91 Å². The molecule has 6 nitrogen and oxygen atoms in total. The van der Waals surface area contributed by atoms with Crippen LogP contribution in [-0.4, -0.2) is 29.1 Å². The Morgan fingerprint density at radius 1 is 1.48 bits per heavy atom. The van der Waals surface area contributed by atoms with Gasteiger partial charge in [0.1, 0.15) is 6.04 Å². The Kier molecular flexibility index (Phi) is 3.96. The molecule has 0 saturated carbocycles. The zero-order chi connectivity index (χ0) is 14.7. The van der Waals surface area contributed by atoms with Gasteiger partial charge < -0.3 is 15.2 Å². The van der Waals surface area contributed by atoms with E-state index in [0.717, 1.165) is 18.5 Å². The summed E-state index contributed by atoms with van der Waals surface area (Å²) in [6.07, 6.45) is 1.53. The summed E-state index contributed by atoms with van der Waals surface area (Å²) in [6, 6.07) is 7.79. The van der Waals surface area contributed by atoms with Crippen LogP contribution in [0, 0.1) is 6.92 Å². The summed E-state index contributed by atoms with van der Waals surface area (Å²) in [7, 11) is 0. The number of aryl methyl sites for hydroxylation is 1. The SMILES string of the molecule is Cc1nc(CCNC(=O)C2NCCc3ccccc32)no1. The van der Waals surface area contributed by atoms with Crippen molar-refractivity contribution in [3.63, 3.8) is 0 Å². The number of carbonyl (C=O) groups excluding carboxylic acids is 1. The molecule has 1 aromatic carbocycles. The Morgan fingerprint density at radius 3 is 3.14 bits per heavy atom. The fraction of sp³-hybridized carbons (Fsp3) is 0.400. The van der Waals surface area contributed by atoms with Crippen LogP contribution in [0.1, 0.15) is 28.9 Å². The summed E-state index contributed by atoms with van der Waals surface area (Å²) < 4.78 is 4.90. The van der Waals surface area contributed by atoms with E-state index in [1.54, 1.807) is 6.92 Å². The molecule has 1 unspecified atom stereocenters. The lowest BCUT2D eigenvalue weighted by Gasteiger charge is -2.25. The molecule has 21 heavy (non-hydrogen) atoms. The van der Waals surface area contributed by atoms with Crippen LogP contribution < -0.4 is 10.6 Å². The van der Waals surface area contributed by atoms with Crippen molar-refractivity contribution in [2.24, 2.45) is 0 Å². The van der Waals surface area contributed by atoms with Crippen LogP contribution in [0.25, 0.3) is 0 Å². The molecule has 1 amide bonds. The average Bonchev–Trinajstić information content (AvgIpc) is 2.92. The first-order chi connectivity index (χ1) is 10.2. The van der Waals surface area contributed by atoms with E-state index in [2.05, 4.69) is 26.8 Å². The van der Waals surface area contributed by atoms with E-state index in [0.29, 0.717) is 24.7 Å². The van der Waals surface area contributed by atoms with Gasteiger partial charge in [0.25, 0.3) is 0 Å². The maximum absolute atomic E-state index is 12.3. The summed E-state index contributed by atoms with van der Waals surface area (Å²) >= 11 is 0. The zero-order valence-electron chi connectivity index (χ0n) is 11.9. The van der Waals surface area contributed by atoms with Crippen molar-refractivity contribution in [2.45, 2.75) is 25.8 Å². The Morgan fingerprint density at radius 2 is 2.33 bits per heavy atom. The fourth-order valence-corrected chi connectivity index (χ4v) is 2.58. The van der Waals surface area contributed by atoms with Gasteiger partial charge in [-0.2, -0.15) is 4.98 Å². The highest BCUT2D eigenvalue weighted by Gasteiger charge is 2.25. The second-order valence-corrected chi connectivity index (χ2v) is 5.11. The predicted octanol–water partition coefficient (Wildman–Crippen LogP) is 0.924. The number of hydrogen-bond donors (Lipinski definition) is 2. The molecular formula is C15H18N4O2. The number of rotatable bonds is 4. The number of amides is 1. The third kappa shape index (κ3) is 3.11. The monoisotopic (exact) mass is 286 g/mol. The van der Waals surface area contributed by atoms with Gasteiger partial charge in [0.15, 0.2) is 5.82 Å². The zero-order valence-corrected chi connectivity index (χ0v) is 11.9. The first-order valence-corrected chi connectivity index (χ1v) is 7.12. The Labute approximate surface area is 122 Å². The van der Waals surface area contributed by atoms with Crippen molar-refractivity contribution in [3.05, 3.63) is 47.1 Å². The highest BCUT2D eigenvalue weighted by atomic mass is 16.5. The van der Waals surface area contributed by atoms with Crippen molar-refractivity contribution in [3.8, 4) is 0 Å². The second kappa shape index (κ2) is 6.05. The molecular weight excluding hydrogens is 268 g/mol. The van der Waals surface area contributed by atoms with Gasteiger partial charge in [0.05, 0.1) is 0 Å². The summed E-state index contributed by atoms with van der Waals surface area (Å²) in [5, 5.41) is 10.0. The first-order valence-electron chi connectivity index (χ1n) is 7.12. The molecule has 0 bridgehead atoms. The molecule has 1 aliphatic rings. The van der Waals surface area contributed by atoms with Gasteiger partial charge in [-0.25, -0.2) is 0 Å². The topological polar surface area (TPSA) is 80.0 Å². The lowest BCUT2D eigenvalue weighted by Crippen LogP contribution is -2.42. The van der Waals surface area contributed by atoms with E-state index in [-0.39, 0.29) is 11.9 Å². The second-order valence-electron chi connectivity index (χ2n) is 5.11. The molecule has 0 saturated heterocycles. The van der Waals surface area contributed by atoms with E-state index in [9.17, 15) is 4.79 Å². The minimum absolute atomic E-state index is 0.0117. The highest BCUT2D eigenvalue weighted by Crippen LogP contribution is 2.22. The predicted molar refractivity (Wildman–Crippen MR) is 76.6 cm³/mol. The van der Waals surface area contributed by atoms with E-state index in [1.165, 1.54) is 5.56 Å². The molecule has 0 fully saturated rings. The van der Waals surface area contributed by atoms with Crippen LogP contribution in [0.15, 0.2) is 28.8 Å². The van der Waals surface area contributed by atoms with E-state index < -0.39 is 0 Å². The number of nitrogens with one attached hydrogen (secondary N) is 2. The van der Waals surface area contributed by atoms with Crippen LogP contribution in [0.5, 0.6) is 0 Å². The van der Waals surface area contributed by atoms with Gasteiger partial charge >= 0.3 is 0 Å². The molecule has 6 heteroatoms. The summed E-state index contributed by atoms with van der Waals surface area (Å²) in [4.78, 5) is 16.4. The van der Waals surface area contributed by atoms with E-state index >= 15 is 0 Å². The van der Waals surface area contributed by atoms with Crippen LogP contribution >= 0.6 is 0 Å². The summed E-state index contributed by atoms with van der Waals surface area (Å²) in [6.45, 7) is 3.06. The minimum atomic E-state index is -0.276. The van der Waals surface area contributed by atoms with E-state index in [1.807, 2.05) is 18.2 Å². The van der Waals surface area contributed by atoms with Crippen LogP contribution in [0.2, 0.25) is 0 Å². The van der Waals surface area contributed by atoms with Gasteiger partial charge in [0, 0.05) is 26.4 Å². The third-order valence-corrected chi connectivity index (χ3v) is 3.59. The summed E-state index contributed by atoms with van der Waals surface area (Å²) in [5.74, 6) is 1.14. The molecule has 3 rings (SSSR count). The molecule has 0 spiro atoms. The number of benzene rings is 1. The molecule has 2 heterocycles. The molecule has 2 N–H and O–H groups in total. The number of aromatic nitrogens is 2. The number of nitrogens with zero attached hydrogens (tertiary/aromatic N) is 2. The normalized spacial score (nSPS) is 17.3. The number of hydrogen-bond acceptors (Lipinski definition) is 5. The van der Waals surface area contributed by atoms with Crippen molar-refractivity contribution in [2.75, 3.05) is 13.1 Å². The smallest absolute Gasteiger partial charge is 0.241 e. The fourth-order valence-electron chi connectivity index (χ4n) is 2.58. The lowest BCUT2D eigenvalue weighted by molar-refractivity contribution is -0.123. The molecule has 110 valence electrons. The number of fused-ring (bicyclic) bond motifs is 1. The van der Waals surface area contributed by atoms with Gasteiger partial charge in [-0.15, -0.1) is 0 Å². The van der Waals surface area contributed by atoms with Crippen molar-refractivity contribution < 1.29 is 9.32 Å². The van der Waals surface area contributed by atoms with Crippen molar-refractivity contribution in [1.29, 1.82) is 0 Å². The average molecular weight is 286 g/mol. The number of carbonyl (C=O) groups is 1.